The maximum Gasteiger partial charge on any atom is 0.334 e. The van der Waals surface area contributed by atoms with E-state index in [-0.39, 0.29) is 64.0 Å². The van der Waals surface area contributed by atoms with Crippen LogP contribution < -0.4 is 5.32 Å². The van der Waals surface area contributed by atoms with E-state index in [1.807, 2.05) is 30.3 Å². The molecule has 0 aromatic heterocycles. The van der Waals surface area contributed by atoms with Crippen LogP contribution in [-0.4, -0.2) is 88.4 Å². The number of benzene rings is 2. The molecule has 210 valence electrons. The molecule has 2 aromatic carbocycles. The highest BCUT2D eigenvalue weighted by molar-refractivity contribution is 5.94. The molecule has 0 unspecified atom stereocenters. The Hall–Kier alpha value is -4.27. The minimum absolute atomic E-state index is 0.00211. The Morgan fingerprint density at radius 2 is 1.88 bits per heavy atom. The Morgan fingerprint density at radius 1 is 1.12 bits per heavy atom. The fraction of sp³-hybridized carbons (Fsp3) is 0.379. The summed E-state index contributed by atoms with van der Waals surface area (Å²) in [4.78, 5) is 55.2. The fourth-order valence-electron chi connectivity index (χ4n) is 4.96. The molecular formula is C29H32FN5O5. The largest absolute Gasteiger partial charge is 0.375 e. The summed E-state index contributed by atoms with van der Waals surface area (Å²) in [5.74, 6) is 1.06. The van der Waals surface area contributed by atoms with Gasteiger partial charge in [-0.1, -0.05) is 48.4 Å². The van der Waals surface area contributed by atoms with E-state index in [1.54, 1.807) is 12.1 Å². The van der Waals surface area contributed by atoms with Gasteiger partial charge in [-0.3, -0.25) is 14.4 Å². The molecule has 0 bridgehead atoms. The van der Waals surface area contributed by atoms with E-state index < -0.39 is 30.1 Å². The van der Waals surface area contributed by atoms with Gasteiger partial charge < -0.3 is 19.9 Å². The summed E-state index contributed by atoms with van der Waals surface area (Å²) in [7, 11) is 0. The Labute approximate surface area is 232 Å². The topological polar surface area (TPSA) is 102 Å². The number of carbonyl (C=O) groups excluding carboxylic acids is 4. The predicted octanol–water partition coefficient (Wildman–Crippen LogP) is 1.76. The van der Waals surface area contributed by atoms with Crippen molar-refractivity contribution in [3.63, 3.8) is 0 Å². The number of Topliss-reactive ketones (excluding diaryl/α,β-unsaturated/α-hetero) is 1. The van der Waals surface area contributed by atoms with Crippen LogP contribution in [0.1, 0.15) is 24.5 Å². The third kappa shape index (κ3) is 6.83. The number of rotatable bonds is 10. The summed E-state index contributed by atoms with van der Waals surface area (Å²) in [5.41, 5.74) is 1.53. The number of hydrazine groups is 1. The second-order valence-electron chi connectivity index (χ2n) is 9.69. The number of nitrogens with one attached hydrogen (secondary N) is 1. The first-order chi connectivity index (χ1) is 19.3. The highest BCUT2D eigenvalue weighted by atomic mass is 19.1. The molecule has 0 saturated carbocycles. The number of carbonyl (C=O) groups is 4. The van der Waals surface area contributed by atoms with E-state index >= 15 is 0 Å². The maximum absolute atomic E-state index is 13.5. The molecule has 0 aliphatic carbocycles. The zero-order valence-corrected chi connectivity index (χ0v) is 22.3. The predicted molar refractivity (Wildman–Crippen MR) is 143 cm³/mol. The molecule has 40 heavy (non-hydrogen) atoms. The van der Waals surface area contributed by atoms with Crippen molar-refractivity contribution in [2.75, 3.05) is 32.8 Å². The lowest BCUT2D eigenvalue weighted by molar-refractivity contribution is -0.189. The lowest BCUT2D eigenvalue weighted by Gasteiger charge is -2.54. The molecule has 0 radical (unpaired) electrons. The van der Waals surface area contributed by atoms with Crippen LogP contribution in [0.15, 0.2) is 54.6 Å². The summed E-state index contributed by atoms with van der Waals surface area (Å²) >= 11 is 0. The van der Waals surface area contributed by atoms with Crippen molar-refractivity contribution in [2.24, 2.45) is 0 Å². The normalized spacial score (nSPS) is 19.3. The van der Waals surface area contributed by atoms with Gasteiger partial charge >= 0.3 is 6.03 Å². The number of urea groups is 1. The Bertz CT molecular complexity index is 1280. The molecule has 2 saturated heterocycles. The van der Waals surface area contributed by atoms with Gasteiger partial charge in [0.15, 0.2) is 0 Å². The molecule has 10 nitrogen and oxygen atoms in total. The van der Waals surface area contributed by atoms with Gasteiger partial charge in [0.2, 0.25) is 11.8 Å². The summed E-state index contributed by atoms with van der Waals surface area (Å²) in [6, 6.07) is 13.8. The summed E-state index contributed by atoms with van der Waals surface area (Å²) < 4.78 is 19.2. The van der Waals surface area contributed by atoms with Gasteiger partial charge in [0.25, 0.3) is 0 Å². The first kappa shape index (κ1) is 28.7. The molecule has 11 heteroatoms. The van der Waals surface area contributed by atoms with E-state index in [9.17, 15) is 23.6 Å². The van der Waals surface area contributed by atoms with Crippen LogP contribution in [0.3, 0.4) is 0 Å². The Morgan fingerprint density at radius 3 is 2.58 bits per heavy atom. The number of ether oxygens (including phenoxy) is 1. The number of amides is 4. The monoisotopic (exact) mass is 549 g/mol. The zero-order chi connectivity index (χ0) is 28.6. The number of nitrogens with zero attached hydrogens (tertiary/aromatic N) is 4. The SMILES string of the molecule is C#CCN1CC(=O)N2[C@@H](CC(C)=O)C(=O)N(CCOCc3cccc(F)c3)C[C@@H]2N1C(=O)NCc1ccccc1. The van der Waals surface area contributed by atoms with Crippen LogP contribution in [0.25, 0.3) is 0 Å². The zero-order valence-electron chi connectivity index (χ0n) is 22.3. The van der Waals surface area contributed by atoms with Gasteiger partial charge in [0, 0.05) is 19.5 Å². The lowest BCUT2D eigenvalue weighted by Crippen LogP contribution is -2.76. The molecule has 1 N–H and O–H groups in total. The molecule has 2 atom stereocenters. The number of ketones is 1. The van der Waals surface area contributed by atoms with Gasteiger partial charge in [-0.2, -0.15) is 5.01 Å². The van der Waals surface area contributed by atoms with Crippen molar-refractivity contribution < 1.29 is 28.3 Å². The van der Waals surface area contributed by atoms with Crippen LogP contribution in [-0.2, 0) is 32.3 Å². The minimum atomic E-state index is -1.07. The van der Waals surface area contributed by atoms with Crippen molar-refractivity contribution in [3.8, 4) is 12.3 Å². The second kappa shape index (κ2) is 13.2. The summed E-state index contributed by atoms with van der Waals surface area (Å²) in [6.07, 6.45) is 4.49. The summed E-state index contributed by atoms with van der Waals surface area (Å²) in [5, 5.41) is 5.73. The molecule has 2 aromatic rings. The number of hydrogen-bond donors (Lipinski definition) is 1. The summed E-state index contributed by atoms with van der Waals surface area (Å²) in [6.45, 7) is 1.81. The van der Waals surface area contributed by atoms with Gasteiger partial charge in [-0.15, -0.1) is 6.42 Å². The number of fused-ring (bicyclic) bond motifs is 1. The van der Waals surface area contributed by atoms with E-state index in [1.165, 1.54) is 38.9 Å². The average molecular weight is 550 g/mol. The van der Waals surface area contributed by atoms with Gasteiger partial charge in [-0.05, 0) is 30.2 Å². The number of hydrogen-bond acceptors (Lipinski definition) is 6. The molecule has 4 amide bonds. The third-order valence-electron chi connectivity index (χ3n) is 6.74. The average Bonchev–Trinajstić information content (AvgIpc) is 2.92. The van der Waals surface area contributed by atoms with Gasteiger partial charge in [0.05, 0.1) is 32.8 Å². The molecule has 2 fully saturated rings. The third-order valence-corrected chi connectivity index (χ3v) is 6.74. The van der Waals surface area contributed by atoms with Gasteiger partial charge in [0.1, 0.15) is 23.8 Å². The van der Waals surface area contributed by atoms with E-state index in [4.69, 9.17) is 11.2 Å². The molecule has 0 spiro atoms. The van der Waals surface area contributed by atoms with Crippen molar-refractivity contribution >= 4 is 23.6 Å². The van der Waals surface area contributed by atoms with Crippen LogP contribution in [0.4, 0.5) is 9.18 Å². The van der Waals surface area contributed by atoms with Crippen LogP contribution in [0, 0.1) is 18.2 Å². The molecule has 2 heterocycles. The first-order valence-corrected chi connectivity index (χ1v) is 13.0. The minimum Gasteiger partial charge on any atom is -0.375 e. The van der Waals surface area contributed by atoms with Crippen molar-refractivity contribution in [1.82, 2.24) is 25.1 Å². The van der Waals surface area contributed by atoms with Crippen LogP contribution in [0.2, 0.25) is 0 Å². The standard InChI is InChI=1S/C29H32FN5O5/c1-3-12-33-19-27(37)34-25(15-21(2)36)28(38)32(13-14-40-20-23-10-7-11-24(30)16-23)18-26(34)35(33)29(39)31-17-22-8-5-4-6-9-22/h1,4-11,16,25-26H,12-15,17-20H2,2H3,(H,31,39)/t25-,26-/m0/s1. The quantitative estimate of drug-likeness (QED) is 0.358. The van der Waals surface area contributed by atoms with E-state index in [0.29, 0.717) is 5.56 Å². The molecule has 2 aliphatic rings. The first-order valence-electron chi connectivity index (χ1n) is 13.0. The number of piperazine rings is 1. The van der Waals surface area contributed by atoms with Crippen LogP contribution >= 0.6 is 0 Å². The van der Waals surface area contributed by atoms with Crippen LogP contribution in [0.5, 0.6) is 0 Å². The molecule has 2 aliphatic heterocycles. The van der Waals surface area contributed by atoms with E-state index in [0.717, 1.165) is 5.56 Å². The second-order valence-corrected chi connectivity index (χ2v) is 9.69. The Balaban J connectivity index is 1.53. The van der Waals surface area contributed by atoms with E-state index in [2.05, 4.69) is 11.2 Å². The Kier molecular flexibility index (Phi) is 9.47. The number of halogens is 1. The maximum atomic E-state index is 13.5. The molecular weight excluding hydrogens is 517 g/mol. The fourth-order valence-corrected chi connectivity index (χ4v) is 4.96. The van der Waals surface area contributed by atoms with Gasteiger partial charge in [-0.25, -0.2) is 14.2 Å². The highest BCUT2D eigenvalue weighted by Gasteiger charge is 2.51. The molecule has 4 rings (SSSR count). The lowest BCUT2D eigenvalue weighted by atomic mass is 10.0. The van der Waals surface area contributed by atoms with Crippen molar-refractivity contribution in [3.05, 3.63) is 71.5 Å². The smallest absolute Gasteiger partial charge is 0.334 e. The highest BCUT2D eigenvalue weighted by Crippen LogP contribution is 2.28. The number of terminal acetylenes is 1. The van der Waals surface area contributed by atoms with Crippen molar-refractivity contribution in [2.45, 2.75) is 38.7 Å². The van der Waals surface area contributed by atoms with Crippen molar-refractivity contribution in [1.29, 1.82) is 0 Å².